The molecule has 2 aromatic carbocycles. The van der Waals surface area contributed by atoms with Gasteiger partial charge in [0.15, 0.2) is 0 Å². The van der Waals surface area contributed by atoms with E-state index in [4.69, 9.17) is 0 Å². The van der Waals surface area contributed by atoms with E-state index in [0.717, 1.165) is 29.8 Å². The van der Waals surface area contributed by atoms with Gasteiger partial charge in [0.25, 0.3) is 0 Å². The van der Waals surface area contributed by atoms with Gasteiger partial charge in [-0.2, -0.15) is 10.2 Å². The van der Waals surface area contributed by atoms with E-state index in [2.05, 4.69) is 52.5 Å². The minimum atomic E-state index is -0.149. The van der Waals surface area contributed by atoms with Gasteiger partial charge < -0.3 is 4.90 Å². The lowest BCUT2D eigenvalue weighted by Crippen LogP contribution is -2.31. The molecule has 1 aliphatic rings. The summed E-state index contributed by atoms with van der Waals surface area (Å²) in [7, 11) is 2.09. The number of thiophene rings is 1. The number of aromatic nitrogens is 2. The highest BCUT2D eigenvalue weighted by Gasteiger charge is 2.29. The summed E-state index contributed by atoms with van der Waals surface area (Å²) in [4.78, 5) is 3.48. The normalized spacial score (nSPS) is 17.2. The SMILES string of the molecule is CN1Cc2cc(-c3cccnn3)cc(F)c2C(c2cc3ccccc3s2)C1. The first-order valence-corrected chi connectivity index (χ1v) is 9.78. The van der Waals surface area contributed by atoms with Crippen molar-refractivity contribution in [1.29, 1.82) is 0 Å². The topological polar surface area (TPSA) is 29.0 Å². The highest BCUT2D eigenvalue weighted by molar-refractivity contribution is 7.19. The average Bonchev–Trinajstić information content (AvgIpc) is 3.12. The summed E-state index contributed by atoms with van der Waals surface area (Å²) in [5, 5.41) is 9.29. The van der Waals surface area contributed by atoms with Crippen molar-refractivity contribution in [1.82, 2.24) is 15.1 Å². The zero-order valence-electron chi connectivity index (χ0n) is 14.9. The predicted molar refractivity (Wildman–Crippen MR) is 107 cm³/mol. The fourth-order valence-electron chi connectivity index (χ4n) is 3.96. The van der Waals surface area contributed by atoms with Crippen molar-refractivity contribution in [2.45, 2.75) is 12.5 Å². The first-order valence-electron chi connectivity index (χ1n) is 8.96. The molecule has 4 aromatic rings. The molecule has 134 valence electrons. The van der Waals surface area contributed by atoms with E-state index >= 15 is 4.39 Å². The Hall–Kier alpha value is -2.63. The molecule has 1 atom stereocenters. The predicted octanol–water partition coefficient (Wildman–Crippen LogP) is 5.07. The molecule has 0 saturated heterocycles. The number of rotatable bonds is 2. The van der Waals surface area contributed by atoms with Crippen LogP contribution < -0.4 is 0 Å². The van der Waals surface area contributed by atoms with E-state index < -0.39 is 0 Å². The van der Waals surface area contributed by atoms with Crippen LogP contribution in [0.3, 0.4) is 0 Å². The monoisotopic (exact) mass is 375 g/mol. The maximum Gasteiger partial charge on any atom is 0.128 e. The van der Waals surface area contributed by atoms with E-state index in [-0.39, 0.29) is 11.7 Å². The van der Waals surface area contributed by atoms with Crippen LogP contribution in [0.1, 0.15) is 21.9 Å². The molecule has 0 radical (unpaired) electrons. The Kier molecular flexibility index (Phi) is 3.99. The minimum Gasteiger partial charge on any atom is -0.301 e. The number of nitrogens with zero attached hydrogens (tertiary/aromatic N) is 3. The molecule has 1 unspecified atom stereocenters. The standard InChI is InChI=1S/C22H18FN3S/c1-26-12-16-9-15(19-6-4-8-24-25-19)10-18(23)22(16)17(13-26)21-11-14-5-2-3-7-20(14)27-21/h2-11,17H,12-13H2,1H3. The van der Waals surface area contributed by atoms with Gasteiger partial charge in [0, 0.05) is 45.9 Å². The lowest BCUT2D eigenvalue weighted by molar-refractivity contribution is 0.292. The van der Waals surface area contributed by atoms with Crippen LogP contribution in [-0.4, -0.2) is 28.7 Å². The molecule has 0 spiro atoms. The molecule has 0 bridgehead atoms. The van der Waals surface area contributed by atoms with Gasteiger partial charge in [-0.3, -0.25) is 0 Å². The maximum absolute atomic E-state index is 15.3. The molecule has 5 rings (SSSR count). The summed E-state index contributed by atoms with van der Waals surface area (Å²) >= 11 is 1.76. The number of benzene rings is 2. The first-order chi connectivity index (χ1) is 13.2. The third-order valence-electron chi connectivity index (χ3n) is 5.15. The van der Waals surface area contributed by atoms with Crippen molar-refractivity contribution in [3.8, 4) is 11.3 Å². The van der Waals surface area contributed by atoms with E-state index in [1.54, 1.807) is 23.6 Å². The third kappa shape index (κ3) is 2.93. The highest BCUT2D eigenvalue weighted by atomic mass is 32.1. The Labute approximate surface area is 161 Å². The first kappa shape index (κ1) is 16.5. The molecule has 3 heterocycles. The molecular weight excluding hydrogens is 357 g/mol. The van der Waals surface area contributed by atoms with E-state index in [0.29, 0.717) is 5.69 Å². The number of halogens is 1. The molecule has 0 aliphatic carbocycles. The second-order valence-corrected chi connectivity index (χ2v) is 8.19. The smallest absolute Gasteiger partial charge is 0.128 e. The van der Waals surface area contributed by atoms with Crippen molar-refractivity contribution in [2.24, 2.45) is 0 Å². The number of hydrogen-bond donors (Lipinski definition) is 0. The number of hydrogen-bond acceptors (Lipinski definition) is 4. The van der Waals surface area contributed by atoms with Gasteiger partial charge in [0.05, 0.1) is 5.69 Å². The van der Waals surface area contributed by atoms with E-state index in [1.807, 2.05) is 18.2 Å². The molecule has 27 heavy (non-hydrogen) atoms. The van der Waals surface area contributed by atoms with E-state index in [9.17, 15) is 0 Å². The second kappa shape index (κ2) is 6.51. The van der Waals surface area contributed by atoms with Gasteiger partial charge in [-0.25, -0.2) is 4.39 Å². The van der Waals surface area contributed by atoms with Crippen LogP contribution in [0, 0.1) is 5.82 Å². The minimum absolute atomic E-state index is 0.0482. The molecule has 2 aromatic heterocycles. The van der Waals surface area contributed by atoms with Crippen molar-refractivity contribution in [2.75, 3.05) is 13.6 Å². The molecular formula is C22H18FN3S. The average molecular weight is 375 g/mol. The Bertz CT molecular complexity index is 1090. The van der Waals surface area contributed by atoms with Crippen molar-refractivity contribution in [3.63, 3.8) is 0 Å². The molecule has 0 N–H and O–H groups in total. The zero-order chi connectivity index (χ0) is 18.4. The second-order valence-electron chi connectivity index (χ2n) is 7.08. The van der Waals surface area contributed by atoms with Gasteiger partial charge in [-0.15, -0.1) is 11.3 Å². The van der Waals surface area contributed by atoms with Crippen LogP contribution >= 0.6 is 11.3 Å². The summed E-state index contributed by atoms with van der Waals surface area (Å²) in [5.74, 6) is -0.101. The van der Waals surface area contributed by atoms with Crippen molar-refractivity contribution in [3.05, 3.63) is 82.6 Å². The van der Waals surface area contributed by atoms with Gasteiger partial charge in [0.1, 0.15) is 5.82 Å². The molecule has 3 nitrogen and oxygen atoms in total. The molecule has 0 saturated carbocycles. The Morgan fingerprint density at radius 2 is 2.00 bits per heavy atom. The van der Waals surface area contributed by atoms with Gasteiger partial charge in [-0.1, -0.05) is 18.2 Å². The Morgan fingerprint density at radius 3 is 2.81 bits per heavy atom. The fraction of sp³-hybridized carbons (Fsp3) is 0.182. The Morgan fingerprint density at radius 1 is 1.11 bits per heavy atom. The maximum atomic E-state index is 15.3. The van der Waals surface area contributed by atoms with Crippen LogP contribution in [0.4, 0.5) is 4.39 Å². The quantitative estimate of drug-likeness (QED) is 0.489. The third-order valence-corrected chi connectivity index (χ3v) is 6.38. The molecule has 0 fully saturated rings. The summed E-state index contributed by atoms with van der Waals surface area (Å²) in [5.41, 5.74) is 3.34. The lowest BCUT2D eigenvalue weighted by Gasteiger charge is -2.32. The van der Waals surface area contributed by atoms with Crippen LogP contribution in [0.15, 0.2) is 60.8 Å². The summed E-state index contributed by atoms with van der Waals surface area (Å²) in [6.07, 6.45) is 1.63. The largest absolute Gasteiger partial charge is 0.301 e. The fourth-order valence-corrected chi connectivity index (χ4v) is 5.13. The summed E-state index contributed by atoms with van der Waals surface area (Å²) in [6.45, 7) is 1.56. The zero-order valence-corrected chi connectivity index (χ0v) is 15.7. The van der Waals surface area contributed by atoms with Crippen molar-refractivity contribution < 1.29 is 4.39 Å². The molecule has 1 aliphatic heterocycles. The number of fused-ring (bicyclic) bond motifs is 2. The van der Waals surface area contributed by atoms with Crippen LogP contribution in [0.2, 0.25) is 0 Å². The molecule has 0 amide bonds. The highest BCUT2D eigenvalue weighted by Crippen LogP contribution is 2.41. The number of likely N-dealkylation sites (N-methyl/N-ethyl adjacent to an activating group) is 1. The van der Waals surface area contributed by atoms with Crippen LogP contribution in [0.25, 0.3) is 21.3 Å². The van der Waals surface area contributed by atoms with Crippen LogP contribution in [0.5, 0.6) is 0 Å². The van der Waals surface area contributed by atoms with Gasteiger partial charge >= 0.3 is 0 Å². The van der Waals surface area contributed by atoms with Crippen molar-refractivity contribution >= 4 is 21.4 Å². The summed E-state index contributed by atoms with van der Waals surface area (Å²) in [6, 6.07) is 17.9. The Balaban J connectivity index is 1.64. The summed E-state index contributed by atoms with van der Waals surface area (Å²) < 4.78 is 16.5. The van der Waals surface area contributed by atoms with Crippen LogP contribution in [-0.2, 0) is 6.54 Å². The van der Waals surface area contributed by atoms with E-state index in [1.165, 1.54) is 15.0 Å². The lowest BCUT2D eigenvalue weighted by atomic mass is 9.86. The van der Waals surface area contributed by atoms with Gasteiger partial charge in [0.2, 0.25) is 0 Å². The van der Waals surface area contributed by atoms with Gasteiger partial charge in [-0.05, 0) is 54.4 Å². The molecule has 5 heteroatoms.